The highest BCUT2D eigenvalue weighted by Crippen LogP contribution is 2.24. The molecule has 0 aliphatic rings. The van der Waals surface area contributed by atoms with Crippen molar-refractivity contribution in [2.45, 2.75) is 30.8 Å². The van der Waals surface area contributed by atoms with Crippen molar-refractivity contribution in [2.75, 3.05) is 5.32 Å². The van der Waals surface area contributed by atoms with Crippen LogP contribution in [-0.4, -0.2) is 25.9 Å². The van der Waals surface area contributed by atoms with E-state index in [1.165, 1.54) is 11.8 Å². The number of aryl methyl sites for hydroxylation is 1. The number of amides is 1. The van der Waals surface area contributed by atoms with Gasteiger partial charge in [0, 0.05) is 12.6 Å². The molecule has 0 radical (unpaired) electrons. The highest BCUT2D eigenvalue weighted by Gasteiger charge is 2.20. The quantitative estimate of drug-likeness (QED) is 0.649. The predicted molar refractivity (Wildman–Crippen MR) is 85.3 cm³/mol. The van der Waals surface area contributed by atoms with Gasteiger partial charge in [0.2, 0.25) is 5.91 Å². The van der Waals surface area contributed by atoms with Gasteiger partial charge in [-0.2, -0.15) is 0 Å². The first-order chi connectivity index (χ1) is 10.9. The lowest BCUT2D eigenvalue weighted by molar-refractivity contribution is -0.115. The third kappa shape index (κ3) is 4.16. The number of nitrogens with one attached hydrogen (secondary N) is 1. The summed E-state index contributed by atoms with van der Waals surface area (Å²) < 4.78 is 28.5. The van der Waals surface area contributed by atoms with E-state index in [9.17, 15) is 13.6 Å². The maximum absolute atomic E-state index is 13.6. The summed E-state index contributed by atoms with van der Waals surface area (Å²) in [4.78, 5) is 12.2. The molecule has 2 rings (SSSR count). The van der Waals surface area contributed by atoms with Gasteiger partial charge < -0.3 is 9.88 Å². The molecule has 1 unspecified atom stereocenters. The predicted octanol–water partition coefficient (Wildman–Crippen LogP) is 3.17. The number of carbonyl (C=O) groups is 1. The van der Waals surface area contributed by atoms with E-state index >= 15 is 0 Å². The number of hydrogen-bond acceptors (Lipinski definition) is 4. The highest BCUT2D eigenvalue weighted by atomic mass is 32.2. The van der Waals surface area contributed by atoms with E-state index in [2.05, 4.69) is 22.1 Å². The summed E-state index contributed by atoms with van der Waals surface area (Å²) in [6.45, 7) is 7.64. The van der Waals surface area contributed by atoms with Crippen LogP contribution in [0.5, 0.6) is 0 Å². The molecule has 1 atom stereocenters. The molecular formula is C15H16F2N4OS. The molecule has 0 saturated carbocycles. The Kier molecular flexibility index (Phi) is 5.49. The Bertz CT molecular complexity index is 732. The van der Waals surface area contributed by atoms with Crippen LogP contribution in [0, 0.1) is 18.6 Å². The first-order valence-corrected chi connectivity index (χ1v) is 7.73. The number of allylic oxidation sites excluding steroid dienone is 1. The number of benzene rings is 1. The van der Waals surface area contributed by atoms with Gasteiger partial charge in [-0.25, -0.2) is 8.78 Å². The number of rotatable bonds is 6. The van der Waals surface area contributed by atoms with E-state index in [0.29, 0.717) is 17.5 Å². The van der Waals surface area contributed by atoms with Crippen LogP contribution in [0.15, 0.2) is 36.0 Å². The van der Waals surface area contributed by atoms with Gasteiger partial charge in [0.05, 0.1) is 10.9 Å². The fraction of sp³-hybridized carbons (Fsp3) is 0.267. The minimum Gasteiger partial charge on any atom is -0.323 e. The zero-order chi connectivity index (χ0) is 17.0. The molecule has 0 aliphatic carbocycles. The first kappa shape index (κ1) is 17.1. The molecule has 2 aromatic rings. The standard InChI is InChI=1S/C15H16F2N4OS/c1-4-7-21-10(3)19-20-15(21)23-9(2)14(22)18-13-8-11(16)5-6-12(13)17/h4-6,8-9H,1,7H2,2-3H3,(H,18,22). The molecule has 0 aliphatic heterocycles. The van der Waals surface area contributed by atoms with Crippen LogP contribution in [0.2, 0.25) is 0 Å². The lowest BCUT2D eigenvalue weighted by Crippen LogP contribution is -2.23. The molecule has 23 heavy (non-hydrogen) atoms. The van der Waals surface area contributed by atoms with Crippen LogP contribution in [0.25, 0.3) is 0 Å². The Hall–Kier alpha value is -2.22. The summed E-state index contributed by atoms with van der Waals surface area (Å²) in [5, 5.41) is 10.3. The van der Waals surface area contributed by atoms with Crippen molar-refractivity contribution in [3.8, 4) is 0 Å². The lowest BCUT2D eigenvalue weighted by atomic mass is 10.3. The summed E-state index contributed by atoms with van der Waals surface area (Å²) in [6.07, 6.45) is 1.70. The summed E-state index contributed by atoms with van der Waals surface area (Å²) in [5.74, 6) is -1.06. The molecule has 8 heteroatoms. The van der Waals surface area contributed by atoms with Gasteiger partial charge in [-0.15, -0.1) is 16.8 Å². The fourth-order valence-electron chi connectivity index (χ4n) is 1.83. The molecule has 5 nitrogen and oxygen atoms in total. The molecule has 1 heterocycles. The molecule has 1 aromatic carbocycles. The minimum atomic E-state index is -0.692. The van der Waals surface area contributed by atoms with Crippen molar-refractivity contribution in [3.63, 3.8) is 0 Å². The maximum Gasteiger partial charge on any atom is 0.237 e. The molecule has 1 amide bonds. The fourth-order valence-corrected chi connectivity index (χ4v) is 2.73. The van der Waals surface area contributed by atoms with E-state index in [-0.39, 0.29) is 5.69 Å². The second-order valence-corrected chi connectivity index (χ2v) is 6.11. The molecule has 0 bridgehead atoms. The van der Waals surface area contributed by atoms with Gasteiger partial charge in [0.15, 0.2) is 5.16 Å². The van der Waals surface area contributed by atoms with Gasteiger partial charge in [-0.1, -0.05) is 17.8 Å². The monoisotopic (exact) mass is 338 g/mol. The Morgan fingerprint density at radius 3 is 2.91 bits per heavy atom. The smallest absolute Gasteiger partial charge is 0.237 e. The minimum absolute atomic E-state index is 0.189. The number of aromatic nitrogens is 3. The highest BCUT2D eigenvalue weighted by molar-refractivity contribution is 8.00. The molecule has 122 valence electrons. The van der Waals surface area contributed by atoms with Crippen molar-refractivity contribution in [1.82, 2.24) is 14.8 Å². The zero-order valence-electron chi connectivity index (χ0n) is 12.7. The van der Waals surface area contributed by atoms with Gasteiger partial charge >= 0.3 is 0 Å². The first-order valence-electron chi connectivity index (χ1n) is 6.85. The van der Waals surface area contributed by atoms with Crippen LogP contribution < -0.4 is 5.32 Å². The SMILES string of the molecule is C=CCn1c(C)nnc1SC(C)C(=O)Nc1cc(F)ccc1F. The van der Waals surface area contributed by atoms with E-state index in [1.54, 1.807) is 19.9 Å². The van der Waals surface area contributed by atoms with Gasteiger partial charge in [0.25, 0.3) is 0 Å². The average Bonchev–Trinajstić information content (AvgIpc) is 2.84. The molecule has 0 spiro atoms. The number of nitrogens with zero attached hydrogens (tertiary/aromatic N) is 3. The number of halogens is 2. The number of thioether (sulfide) groups is 1. The molecule has 1 aromatic heterocycles. The van der Waals surface area contributed by atoms with E-state index in [4.69, 9.17) is 0 Å². The van der Waals surface area contributed by atoms with Crippen LogP contribution in [0.1, 0.15) is 12.7 Å². The van der Waals surface area contributed by atoms with Crippen molar-refractivity contribution >= 4 is 23.4 Å². The van der Waals surface area contributed by atoms with E-state index in [1.807, 2.05) is 4.57 Å². The topological polar surface area (TPSA) is 59.8 Å². The third-order valence-corrected chi connectivity index (χ3v) is 4.13. The van der Waals surface area contributed by atoms with Crippen molar-refractivity contribution in [1.29, 1.82) is 0 Å². The zero-order valence-corrected chi connectivity index (χ0v) is 13.5. The number of carbonyl (C=O) groups excluding carboxylic acids is 1. The summed E-state index contributed by atoms with van der Waals surface area (Å²) >= 11 is 1.18. The van der Waals surface area contributed by atoms with Crippen LogP contribution in [0.3, 0.4) is 0 Å². The molecule has 0 saturated heterocycles. The van der Waals surface area contributed by atoms with E-state index in [0.717, 1.165) is 18.2 Å². The largest absolute Gasteiger partial charge is 0.323 e. The average molecular weight is 338 g/mol. The summed E-state index contributed by atoms with van der Waals surface area (Å²) in [7, 11) is 0. The van der Waals surface area contributed by atoms with Gasteiger partial charge in [-0.05, 0) is 26.0 Å². The summed E-state index contributed by atoms with van der Waals surface area (Å²) in [6, 6.07) is 2.89. The van der Waals surface area contributed by atoms with Crippen molar-refractivity contribution in [2.24, 2.45) is 0 Å². The van der Waals surface area contributed by atoms with E-state index < -0.39 is 22.8 Å². The van der Waals surface area contributed by atoms with Gasteiger partial charge in [-0.3, -0.25) is 4.79 Å². The second kappa shape index (κ2) is 7.36. The van der Waals surface area contributed by atoms with Crippen LogP contribution in [-0.2, 0) is 11.3 Å². The second-order valence-electron chi connectivity index (χ2n) is 4.80. The Morgan fingerprint density at radius 2 is 2.22 bits per heavy atom. The molecule has 0 fully saturated rings. The van der Waals surface area contributed by atoms with Crippen molar-refractivity contribution < 1.29 is 13.6 Å². The Balaban J connectivity index is 2.08. The lowest BCUT2D eigenvalue weighted by Gasteiger charge is -2.13. The molecule has 1 N–H and O–H groups in total. The van der Waals surface area contributed by atoms with Crippen LogP contribution in [0.4, 0.5) is 14.5 Å². The molecular weight excluding hydrogens is 322 g/mol. The number of anilines is 1. The van der Waals surface area contributed by atoms with Crippen LogP contribution >= 0.6 is 11.8 Å². The summed E-state index contributed by atoms with van der Waals surface area (Å²) in [5.41, 5.74) is -0.189. The number of hydrogen-bond donors (Lipinski definition) is 1. The maximum atomic E-state index is 13.6. The Morgan fingerprint density at radius 1 is 1.48 bits per heavy atom. The van der Waals surface area contributed by atoms with Gasteiger partial charge in [0.1, 0.15) is 17.5 Å². The third-order valence-electron chi connectivity index (χ3n) is 3.05. The van der Waals surface area contributed by atoms with Crippen molar-refractivity contribution in [3.05, 3.63) is 48.3 Å². The Labute approximate surface area is 136 Å². The normalized spacial score (nSPS) is 12.0.